The summed E-state index contributed by atoms with van der Waals surface area (Å²) in [6, 6.07) is 7.63. The topological polar surface area (TPSA) is 66.8 Å². The fourth-order valence-electron chi connectivity index (χ4n) is 2.07. The highest BCUT2D eigenvalue weighted by molar-refractivity contribution is 5.78. The number of carbonyl (C=O) groups excluding carboxylic acids is 1. The average molecular weight is 293 g/mol. The van der Waals surface area contributed by atoms with Gasteiger partial charge in [0, 0.05) is 20.0 Å². The van der Waals surface area contributed by atoms with E-state index in [4.69, 9.17) is 9.84 Å². The van der Waals surface area contributed by atoms with Crippen molar-refractivity contribution in [3.05, 3.63) is 29.8 Å². The van der Waals surface area contributed by atoms with Gasteiger partial charge in [0.2, 0.25) is 5.91 Å². The minimum atomic E-state index is -0.893. The molecule has 1 amide bonds. The first-order chi connectivity index (χ1) is 9.85. The molecule has 0 aliphatic rings. The van der Waals surface area contributed by atoms with Crippen LogP contribution in [0.2, 0.25) is 0 Å². The zero-order chi connectivity index (χ0) is 16.0. The molecule has 5 nitrogen and oxygen atoms in total. The molecule has 0 heterocycles. The number of nitrogens with zero attached hydrogens (tertiary/aromatic N) is 1. The number of carbonyl (C=O) groups is 2. The summed E-state index contributed by atoms with van der Waals surface area (Å²) in [5.74, 6) is -0.699. The number of hydrogen-bond donors (Lipinski definition) is 1. The number of methoxy groups -OCH3 is 1. The highest BCUT2D eigenvalue weighted by Gasteiger charge is 2.19. The third kappa shape index (κ3) is 5.10. The minimum Gasteiger partial charge on any atom is -0.497 e. The Morgan fingerprint density at radius 2 is 2.00 bits per heavy atom. The number of carboxylic acid groups (broad SMARTS) is 1. The van der Waals surface area contributed by atoms with Crippen LogP contribution in [-0.2, 0) is 9.59 Å². The maximum absolute atomic E-state index is 12.1. The van der Waals surface area contributed by atoms with Gasteiger partial charge in [0.25, 0.3) is 0 Å². The van der Waals surface area contributed by atoms with Crippen molar-refractivity contribution in [2.75, 3.05) is 20.7 Å². The summed E-state index contributed by atoms with van der Waals surface area (Å²) in [4.78, 5) is 24.4. The number of carboxylic acids is 1. The van der Waals surface area contributed by atoms with Crippen LogP contribution in [0.1, 0.15) is 31.7 Å². The van der Waals surface area contributed by atoms with Crippen molar-refractivity contribution in [3.8, 4) is 5.75 Å². The number of amides is 1. The second-order valence-electron chi connectivity index (χ2n) is 5.40. The third-order valence-corrected chi connectivity index (χ3v) is 3.54. The zero-order valence-electron chi connectivity index (χ0n) is 13.0. The molecule has 0 spiro atoms. The molecule has 1 N–H and O–H groups in total. The van der Waals surface area contributed by atoms with Crippen molar-refractivity contribution in [2.24, 2.45) is 5.92 Å². The van der Waals surface area contributed by atoms with Gasteiger partial charge in [0.05, 0.1) is 13.0 Å². The molecule has 1 rings (SSSR count). The molecule has 0 aliphatic carbocycles. The van der Waals surface area contributed by atoms with Crippen LogP contribution in [-0.4, -0.2) is 42.6 Å². The summed E-state index contributed by atoms with van der Waals surface area (Å²) in [7, 11) is 3.25. The molecule has 5 heteroatoms. The smallest absolute Gasteiger partial charge is 0.308 e. The van der Waals surface area contributed by atoms with E-state index in [0.717, 1.165) is 11.3 Å². The summed E-state index contributed by atoms with van der Waals surface area (Å²) in [6.45, 7) is 3.79. The normalized spacial score (nSPS) is 13.3. The molecule has 1 aromatic carbocycles. The molecule has 0 aromatic heterocycles. The van der Waals surface area contributed by atoms with Crippen molar-refractivity contribution < 1.29 is 19.4 Å². The Hall–Kier alpha value is -2.04. The van der Waals surface area contributed by atoms with E-state index in [9.17, 15) is 9.59 Å². The van der Waals surface area contributed by atoms with Gasteiger partial charge in [0.15, 0.2) is 0 Å². The van der Waals surface area contributed by atoms with Crippen LogP contribution in [0.4, 0.5) is 0 Å². The van der Waals surface area contributed by atoms with Gasteiger partial charge in [-0.15, -0.1) is 0 Å². The Bertz CT molecular complexity index is 501. The highest BCUT2D eigenvalue weighted by atomic mass is 16.5. The lowest BCUT2D eigenvalue weighted by atomic mass is 9.97. The molecule has 2 unspecified atom stereocenters. The Kier molecular flexibility index (Phi) is 6.21. The number of hydrogen-bond acceptors (Lipinski definition) is 3. The fourth-order valence-corrected chi connectivity index (χ4v) is 2.07. The van der Waals surface area contributed by atoms with Crippen LogP contribution in [0, 0.1) is 5.92 Å². The van der Waals surface area contributed by atoms with Crippen molar-refractivity contribution in [1.82, 2.24) is 4.90 Å². The van der Waals surface area contributed by atoms with Crippen LogP contribution in [0.15, 0.2) is 24.3 Å². The van der Waals surface area contributed by atoms with Gasteiger partial charge in [0.1, 0.15) is 5.75 Å². The lowest BCUT2D eigenvalue weighted by Crippen LogP contribution is -2.34. The second kappa shape index (κ2) is 7.67. The summed E-state index contributed by atoms with van der Waals surface area (Å²) in [5, 5.41) is 8.88. The largest absolute Gasteiger partial charge is 0.497 e. The number of ether oxygens (including phenoxy) is 1. The number of benzene rings is 1. The maximum Gasteiger partial charge on any atom is 0.308 e. The second-order valence-corrected chi connectivity index (χ2v) is 5.40. The Balaban J connectivity index is 2.62. The molecule has 0 radical (unpaired) electrons. The first-order valence-electron chi connectivity index (χ1n) is 6.95. The predicted molar refractivity (Wildman–Crippen MR) is 80.5 cm³/mol. The van der Waals surface area contributed by atoms with Gasteiger partial charge < -0.3 is 14.7 Å². The van der Waals surface area contributed by atoms with E-state index in [1.54, 1.807) is 21.1 Å². The van der Waals surface area contributed by atoms with Gasteiger partial charge in [-0.05, 0) is 23.6 Å². The van der Waals surface area contributed by atoms with Gasteiger partial charge in [-0.25, -0.2) is 0 Å². The van der Waals surface area contributed by atoms with Gasteiger partial charge in [-0.2, -0.15) is 0 Å². The summed E-state index contributed by atoms with van der Waals surface area (Å²) < 4.78 is 5.18. The first-order valence-corrected chi connectivity index (χ1v) is 6.95. The highest BCUT2D eigenvalue weighted by Crippen LogP contribution is 2.23. The van der Waals surface area contributed by atoms with Crippen LogP contribution < -0.4 is 4.74 Å². The van der Waals surface area contributed by atoms with E-state index in [0.29, 0.717) is 6.42 Å². The molecular formula is C16H23NO4. The lowest BCUT2D eigenvalue weighted by molar-refractivity contribution is -0.142. The molecule has 116 valence electrons. The molecule has 21 heavy (non-hydrogen) atoms. The first kappa shape index (κ1) is 17.0. The van der Waals surface area contributed by atoms with Crippen molar-refractivity contribution >= 4 is 11.9 Å². The Morgan fingerprint density at radius 3 is 2.57 bits per heavy atom. The Labute approximate surface area is 125 Å². The summed E-state index contributed by atoms with van der Waals surface area (Å²) in [6.07, 6.45) is 0.343. The fraction of sp³-hybridized carbons (Fsp3) is 0.500. The van der Waals surface area contributed by atoms with E-state index in [1.165, 1.54) is 4.90 Å². The van der Waals surface area contributed by atoms with Gasteiger partial charge in [-0.3, -0.25) is 9.59 Å². The third-order valence-electron chi connectivity index (χ3n) is 3.54. The minimum absolute atomic E-state index is 0.0511. The van der Waals surface area contributed by atoms with Crippen LogP contribution in [0.3, 0.4) is 0 Å². The molecular weight excluding hydrogens is 270 g/mol. The van der Waals surface area contributed by atoms with E-state index in [1.807, 2.05) is 31.2 Å². The van der Waals surface area contributed by atoms with Crippen molar-refractivity contribution in [3.63, 3.8) is 0 Å². The average Bonchev–Trinajstić information content (AvgIpc) is 2.46. The predicted octanol–water partition coefficient (Wildman–Crippen LogP) is 2.37. The standard InChI is InChI=1S/C16H23NO4/c1-11(13-6-5-7-14(9-13)21-4)8-15(18)17(3)10-12(2)16(19)20/h5-7,9,11-12H,8,10H2,1-4H3,(H,19,20). The van der Waals surface area contributed by atoms with Crippen LogP contribution in [0.25, 0.3) is 0 Å². The number of aliphatic carboxylic acids is 1. The van der Waals surface area contributed by atoms with E-state index in [-0.39, 0.29) is 18.4 Å². The van der Waals surface area contributed by atoms with E-state index < -0.39 is 11.9 Å². The maximum atomic E-state index is 12.1. The zero-order valence-corrected chi connectivity index (χ0v) is 13.0. The van der Waals surface area contributed by atoms with E-state index in [2.05, 4.69) is 0 Å². The van der Waals surface area contributed by atoms with Crippen molar-refractivity contribution in [2.45, 2.75) is 26.2 Å². The molecule has 0 saturated heterocycles. The Morgan fingerprint density at radius 1 is 1.33 bits per heavy atom. The molecule has 0 bridgehead atoms. The van der Waals surface area contributed by atoms with Crippen molar-refractivity contribution in [1.29, 1.82) is 0 Å². The summed E-state index contributed by atoms with van der Waals surface area (Å²) in [5.41, 5.74) is 1.03. The van der Waals surface area contributed by atoms with Crippen LogP contribution >= 0.6 is 0 Å². The van der Waals surface area contributed by atoms with E-state index >= 15 is 0 Å². The molecule has 2 atom stereocenters. The SMILES string of the molecule is COc1cccc(C(C)CC(=O)N(C)CC(C)C(=O)O)c1. The number of rotatable bonds is 7. The quantitative estimate of drug-likeness (QED) is 0.838. The van der Waals surface area contributed by atoms with Gasteiger partial charge in [-0.1, -0.05) is 26.0 Å². The molecule has 0 fully saturated rings. The molecule has 0 aliphatic heterocycles. The monoisotopic (exact) mass is 293 g/mol. The van der Waals surface area contributed by atoms with Gasteiger partial charge >= 0.3 is 5.97 Å². The summed E-state index contributed by atoms with van der Waals surface area (Å²) >= 11 is 0. The molecule has 0 saturated carbocycles. The molecule has 1 aromatic rings. The van der Waals surface area contributed by atoms with Crippen LogP contribution in [0.5, 0.6) is 5.75 Å². The lowest BCUT2D eigenvalue weighted by Gasteiger charge is -2.21.